The Balaban J connectivity index is 3.60. The summed E-state index contributed by atoms with van der Waals surface area (Å²) < 4.78 is 0. The molecule has 0 aromatic rings. The summed E-state index contributed by atoms with van der Waals surface area (Å²) in [4.78, 5) is 2.64. The lowest BCUT2D eigenvalue weighted by molar-refractivity contribution is 0.449. The van der Waals surface area contributed by atoms with Crippen molar-refractivity contribution < 1.29 is 0 Å². The molecule has 0 bridgehead atoms. The average Bonchev–Trinajstić information content (AvgIpc) is 1.98. The van der Waals surface area contributed by atoms with E-state index >= 15 is 0 Å². The van der Waals surface area contributed by atoms with Crippen LogP contribution in [-0.4, -0.2) is 12.6 Å². The maximum Gasteiger partial charge on any atom is 0.0412 e. The molecule has 10 heavy (non-hydrogen) atoms. The summed E-state index contributed by atoms with van der Waals surface area (Å²) in [5.74, 6) is 0.436. The van der Waals surface area contributed by atoms with Crippen LogP contribution in [0.3, 0.4) is 0 Å². The first-order chi connectivity index (χ1) is 4.72. The predicted molar refractivity (Wildman–Crippen MR) is 41.4 cm³/mol. The van der Waals surface area contributed by atoms with Gasteiger partial charge in [0, 0.05) is 17.5 Å². The van der Waals surface area contributed by atoms with Crippen molar-refractivity contribution in [2.75, 3.05) is 6.54 Å². The highest BCUT2D eigenvalue weighted by atomic mass is 15.1. The first kappa shape index (κ1) is 9.27. The minimum Gasteiger partial charge on any atom is -0.327 e. The number of nitrogens with zero attached hydrogens (tertiary/aromatic N) is 3. The van der Waals surface area contributed by atoms with Crippen molar-refractivity contribution in [1.29, 1.82) is 0 Å². The van der Waals surface area contributed by atoms with Crippen LogP contribution in [0.5, 0.6) is 0 Å². The normalized spacial score (nSPS) is 15.5. The number of hydrogen-bond acceptors (Lipinski definition) is 2. The van der Waals surface area contributed by atoms with Crippen molar-refractivity contribution in [1.82, 2.24) is 0 Å². The van der Waals surface area contributed by atoms with Crippen LogP contribution in [0.15, 0.2) is 5.11 Å². The molecule has 0 spiro atoms. The Hall–Kier alpha value is -0.730. The summed E-state index contributed by atoms with van der Waals surface area (Å²) in [6, 6.07) is 0.0147. The number of hydrogen-bond donors (Lipinski definition) is 1. The third-order valence-electron chi connectivity index (χ3n) is 1.73. The molecule has 2 N–H and O–H groups in total. The molecule has 0 aliphatic carbocycles. The van der Waals surface area contributed by atoms with E-state index in [1.807, 2.05) is 0 Å². The van der Waals surface area contributed by atoms with Gasteiger partial charge >= 0.3 is 0 Å². The maximum atomic E-state index is 7.97. The Morgan fingerprint density at radius 1 is 1.70 bits per heavy atom. The third-order valence-corrected chi connectivity index (χ3v) is 1.73. The van der Waals surface area contributed by atoms with Gasteiger partial charge in [-0.1, -0.05) is 25.4 Å². The lowest BCUT2D eigenvalue weighted by Crippen LogP contribution is -2.30. The summed E-state index contributed by atoms with van der Waals surface area (Å²) in [6.07, 6.45) is 1.03. The highest BCUT2D eigenvalue weighted by Gasteiger charge is 2.07. The third kappa shape index (κ3) is 3.33. The van der Waals surface area contributed by atoms with Crippen LogP contribution < -0.4 is 5.73 Å². The molecule has 0 unspecified atom stereocenters. The standard InChI is InChI=1S/C6H14N4/c1-3-5(2)6(7)4-9-10-8/h5-6H,3-4,7H2,1-2H3/t5-,6+/m0/s1. The zero-order chi connectivity index (χ0) is 7.98. The van der Waals surface area contributed by atoms with Crippen LogP contribution in [-0.2, 0) is 0 Å². The SMILES string of the molecule is CC[C@H](C)[C@H](N)CN=[N+]=[N-]. The van der Waals surface area contributed by atoms with E-state index in [-0.39, 0.29) is 6.04 Å². The Kier molecular flexibility index (Phi) is 4.72. The molecule has 0 saturated carbocycles. The molecule has 0 heterocycles. The number of rotatable bonds is 4. The van der Waals surface area contributed by atoms with Gasteiger partial charge in [-0.25, -0.2) is 0 Å². The van der Waals surface area contributed by atoms with Gasteiger partial charge in [0.1, 0.15) is 0 Å². The molecule has 0 aliphatic heterocycles. The van der Waals surface area contributed by atoms with Gasteiger partial charge in [0.15, 0.2) is 0 Å². The lowest BCUT2D eigenvalue weighted by Gasteiger charge is -2.14. The second-order valence-electron chi connectivity index (χ2n) is 2.46. The van der Waals surface area contributed by atoms with Crippen molar-refractivity contribution >= 4 is 0 Å². The van der Waals surface area contributed by atoms with Gasteiger partial charge in [0.05, 0.1) is 0 Å². The molecule has 0 fully saturated rings. The second kappa shape index (κ2) is 5.09. The molecule has 2 atom stereocenters. The van der Waals surface area contributed by atoms with Gasteiger partial charge < -0.3 is 5.73 Å². The summed E-state index contributed by atoms with van der Waals surface area (Å²) >= 11 is 0. The molecule has 0 saturated heterocycles. The van der Waals surface area contributed by atoms with E-state index in [1.165, 1.54) is 0 Å². The van der Waals surface area contributed by atoms with Crippen molar-refractivity contribution in [3.8, 4) is 0 Å². The van der Waals surface area contributed by atoms with Gasteiger partial charge in [-0.05, 0) is 11.4 Å². The fraction of sp³-hybridized carbons (Fsp3) is 1.00. The summed E-state index contributed by atoms with van der Waals surface area (Å²) in [6.45, 7) is 4.53. The van der Waals surface area contributed by atoms with E-state index in [0.717, 1.165) is 6.42 Å². The Labute approximate surface area is 61.0 Å². The fourth-order valence-electron chi connectivity index (χ4n) is 0.613. The molecule has 0 aliphatic rings. The Morgan fingerprint density at radius 2 is 2.30 bits per heavy atom. The van der Waals surface area contributed by atoms with Crippen molar-refractivity contribution in [3.63, 3.8) is 0 Å². The highest BCUT2D eigenvalue weighted by Crippen LogP contribution is 2.04. The first-order valence-electron chi connectivity index (χ1n) is 3.48. The zero-order valence-corrected chi connectivity index (χ0v) is 6.49. The minimum atomic E-state index is 0.0147. The van der Waals surface area contributed by atoms with E-state index in [9.17, 15) is 0 Å². The van der Waals surface area contributed by atoms with Crippen LogP contribution in [0.25, 0.3) is 10.4 Å². The van der Waals surface area contributed by atoms with Crippen molar-refractivity contribution in [3.05, 3.63) is 10.4 Å². The maximum absolute atomic E-state index is 7.97. The van der Waals surface area contributed by atoms with Crippen molar-refractivity contribution in [2.45, 2.75) is 26.3 Å². The number of azide groups is 1. The minimum absolute atomic E-state index is 0.0147. The fourth-order valence-corrected chi connectivity index (χ4v) is 0.613. The molecule has 0 aromatic carbocycles. The molecule has 58 valence electrons. The average molecular weight is 142 g/mol. The van der Waals surface area contributed by atoms with E-state index in [0.29, 0.717) is 12.5 Å². The van der Waals surface area contributed by atoms with Gasteiger partial charge in [-0.2, -0.15) is 0 Å². The summed E-state index contributed by atoms with van der Waals surface area (Å²) in [5, 5.41) is 3.40. The molecule has 0 aromatic heterocycles. The largest absolute Gasteiger partial charge is 0.327 e. The smallest absolute Gasteiger partial charge is 0.0412 e. The Morgan fingerprint density at radius 3 is 2.70 bits per heavy atom. The molecular formula is C6H14N4. The van der Waals surface area contributed by atoms with E-state index in [2.05, 4.69) is 23.9 Å². The van der Waals surface area contributed by atoms with Gasteiger partial charge in [0.2, 0.25) is 0 Å². The molecule has 0 rings (SSSR count). The molecule has 0 radical (unpaired) electrons. The van der Waals surface area contributed by atoms with Crippen LogP contribution >= 0.6 is 0 Å². The monoisotopic (exact) mass is 142 g/mol. The summed E-state index contributed by atoms with van der Waals surface area (Å²) in [7, 11) is 0. The first-order valence-corrected chi connectivity index (χ1v) is 3.48. The molecule has 4 heteroatoms. The van der Waals surface area contributed by atoms with Crippen LogP contribution in [0.4, 0.5) is 0 Å². The summed E-state index contributed by atoms with van der Waals surface area (Å²) in [5.41, 5.74) is 13.6. The molecule has 0 amide bonds. The van der Waals surface area contributed by atoms with E-state index in [4.69, 9.17) is 11.3 Å². The van der Waals surface area contributed by atoms with Gasteiger partial charge in [-0.15, -0.1) is 0 Å². The predicted octanol–water partition coefficient (Wildman–Crippen LogP) is 1.67. The zero-order valence-electron chi connectivity index (χ0n) is 6.49. The molecular weight excluding hydrogens is 128 g/mol. The van der Waals surface area contributed by atoms with Gasteiger partial charge in [-0.3, -0.25) is 0 Å². The van der Waals surface area contributed by atoms with E-state index in [1.54, 1.807) is 0 Å². The lowest BCUT2D eigenvalue weighted by atomic mass is 10.0. The number of nitrogens with two attached hydrogens (primary N) is 1. The van der Waals surface area contributed by atoms with Crippen LogP contribution in [0.1, 0.15) is 20.3 Å². The van der Waals surface area contributed by atoms with Crippen molar-refractivity contribution in [2.24, 2.45) is 16.8 Å². The van der Waals surface area contributed by atoms with E-state index < -0.39 is 0 Å². The quantitative estimate of drug-likeness (QED) is 0.362. The Bertz CT molecular complexity index is 128. The van der Waals surface area contributed by atoms with Gasteiger partial charge in [0.25, 0.3) is 0 Å². The topological polar surface area (TPSA) is 74.8 Å². The van der Waals surface area contributed by atoms with Crippen LogP contribution in [0, 0.1) is 5.92 Å². The highest BCUT2D eigenvalue weighted by molar-refractivity contribution is 4.70. The second-order valence-corrected chi connectivity index (χ2v) is 2.46. The van der Waals surface area contributed by atoms with Crippen LogP contribution in [0.2, 0.25) is 0 Å². The molecule has 4 nitrogen and oxygen atoms in total.